The second kappa shape index (κ2) is 9.72. The molecule has 2 aromatic carbocycles. The Bertz CT molecular complexity index is 1080. The molecule has 1 aliphatic rings. The molecule has 8 heteroatoms. The zero-order valence-corrected chi connectivity index (χ0v) is 18.6. The summed E-state index contributed by atoms with van der Waals surface area (Å²) in [5.41, 5.74) is 2.58. The second-order valence-corrected chi connectivity index (χ2v) is 7.59. The van der Waals surface area contributed by atoms with Gasteiger partial charge in [0.05, 0.1) is 32.0 Å². The minimum absolute atomic E-state index is 0.168. The maximum absolute atomic E-state index is 12.0. The van der Waals surface area contributed by atoms with Crippen LogP contribution in [0.15, 0.2) is 42.5 Å². The van der Waals surface area contributed by atoms with Gasteiger partial charge in [-0.2, -0.15) is 0 Å². The number of carbonyl (C=O) groups is 1. The Kier molecular flexibility index (Phi) is 6.58. The van der Waals surface area contributed by atoms with Crippen molar-refractivity contribution in [2.75, 3.05) is 39.2 Å². The van der Waals surface area contributed by atoms with Gasteiger partial charge in [0.2, 0.25) is 5.95 Å². The third-order valence-electron chi connectivity index (χ3n) is 5.60. The smallest absolute Gasteiger partial charge is 0.409 e. The van der Waals surface area contributed by atoms with E-state index in [2.05, 4.69) is 5.32 Å². The summed E-state index contributed by atoms with van der Waals surface area (Å²) < 4.78 is 16.1. The van der Waals surface area contributed by atoms with Crippen LogP contribution in [0.5, 0.6) is 11.5 Å². The lowest BCUT2D eigenvalue weighted by atomic mass is 10.0. The Hall–Kier alpha value is -3.55. The largest absolute Gasteiger partial charge is 0.493 e. The number of aromatic nitrogens is 2. The molecule has 168 valence electrons. The lowest BCUT2D eigenvalue weighted by Crippen LogP contribution is -2.42. The number of anilines is 1. The van der Waals surface area contributed by atoms with E-state index in [9.17, 15) is 4.79 Å². The Morgan fingerprint density at radius 2 is 1.75 bits per heavy atom. The maximum Gasteiger partial charge on any atom is 0.409 e. The first kappa shape index (κ1) is 21.7. The van der Waals surface area contributed by atoms with E-state index in [1.807, 2.05) is 49.4 Å². The minimum atomic E-state index is -0.250. The van der Waals surface area contributed by atoms with Gasteiger partial charge in [-0.25, -0.2) is 14.8 Å². The summed E-state index contributed by atoms with van der Waals surface area (Å²) in [4.78, 5) is 23.3. The molecule has 0 spiro atoms. The zero-order valence-electron chi connectivity index (χ0n) is 18.6. The number of carbonyl (C=O) groups excluding carboxylic acids is 1. The van der Waals surface area contributed by atoms with Crippen LogP contribution in [-0.4, -0.2) is 60.9 Å². The second-order valence-electron chi connectivity index (χ2n) is 7.59. The molecule has 1 aliphatic heterocycles. The number of methoxy groups -OCH3 is 2. The molecule has 1 amide bonds. The fourth-order valence-electron chi connectivity index (χ4n) is 3.94. The number of nitrogens with one attached hydrogen (secondary N) is 1. The third kappa shape index (κ3) is 4.54. The number of benzene rings is 2. The minimum Gasteiger partial charge on any atom is -0.493 e. The molecule has 0 aliphatic carbocycles. The summed E-state index contributed by atoms with van der Waals surface area (Å²) in [6, 6.07) is 14.0. The Balaban J connectivity index is 1.64. The number of fused-ring (bicyclic) bond motifs is 1. The van der Waals surface area contributed by atoms with Gasteiger partial charge in [0, 0.05) is 36.1 Å². The molecule has 1 N–H and O–H groups in total. The number of likely N-dealkylation sites (tertiary alicyclic amines) is 1. The van der Waals surface area contributed by atoms with E-state index in [1.54, 1.807) is 19.1 Å². The standard InChI is InChI=1S/C24H28N4O4/c1-4-32-24(29)28-12-10-17(11-13-28)25-23-26-19-15-21(31-3)20(30-2)14-18(19)22(27-23)16-8-6-5-7-9-16/h5-9,14-15,17H,4,10-13H2,1-3H3,(H,25,26,27). The Labute approximate surface area is 187 Å². The fraction of sp³-hybridized carbons (Fsp3) is 0.375. The van der Waals surface area contributed by atoms with E-state index >= 15 is 0 Å². The summed E-state index contributed by atoms with van der Waals surface area (Å²) in [5.74, 6) is 1.80. The van der Waals surface area contributed by atoms with Gasteiger partial charge in [-0.3, -0.25) is 0 Å². The maximum atomic E-state index is 12.0. The molecular weight excluding hydrogens is 408 g/mol. The summed E-state index contributed by atoms with van der Waals surface area (Å²) in [5, 5.41) is 4.35. The predicted molar refractivity (Wildman–Crippen MR) is 123 cm³/mol. The van der Waals surface area contributed by atoms with E-state index in [1.165, 1.54) is 0 Å². The fourth-order valence-corrected chi connectivity index (χ4v) is 3.94. The van der Waals surface area contributed by atoms with E-state index in [-0.39, 0.29) is 12.1 Å². The first-order chi connectivity index (χ1) is 15.6. The van der Waals surface area contributed by atoms with Gasteiger partial charge in [0.25, 0.3) is 0 Å². The van der Waals surface area contributed by atoms with Gasteiger partial charge in [-0.05, 0) is 25.8 Å². The van der Waals surface area contributed by atoms with Crippen molar-refractivity contribution in [3.63, 3.8) is 0 Å². The van der Waals surface area contributed by atoms with E-state index in [0.29, 0.717) is 37.1 Å². The number of hydrogen-bond donors (Lipinski definition) is 1. The highest BCUT2D eigenvalue weighted by Crippen LogP contribution is 2.36. The highest BCUT2D eigenvalue weighted by atomic mass is 16.6. The molecule has 0 unspecified atom stereocenters. The van der Waals surface area contributed by atoms with Crippen LogP contribution in [0.2, 0.25) is 0 Å². The van der Waals surface area contributed by atoms with E-state index in [0.717, 1.165) is 35.0 Å². The molecule has 0 radical (unpaired) electrons. The lowest BCUT2D eigenvalue weighted by molar-refractivity contribution is 0.0983. The Morgan fingerprint density at radius 1 is 1.06 bits per heavy atom. The van der Waals surface area contributed by atoms with Gasteiger partial charge in [0.15, 0.2) is 11.5 Å². The summed E-state index contributed by atoms with van der Waals surface area (Å²) >= 11 is 0. The molecule has 1 fully saturated rings. The van der Waals surface area contributed by atoms with Crippen molar-refractivity contribution in [1.29, 1.82) is 0 Å². The first-order valence-corrected chi connectivity index (χ1v) is 10.8. The van der Waals surface area contributed by atoms with Crippen molar-refractivity contribution < 1.29 is 19.0 Å². The van der Waals surface area contributed by atoms with E-state index in [4.69, 9.17) is 24.2 Å². The number of hydrogen-bond acceptors (Lipinski definition) is 7. The van der Waals surface area contributed by atoms with Crippen molar-refractivity contribution in [2.24, 2.45) is 0 Å². The molecule has 32 heavy (non-hydrogen) atoms. The van der Waals surface area contributed by atoms with Crippen LogP contribution in [0.3, 0.4) is 0 Å². The molecule has 8 nitrogen and oxygen atoms in total. The highest BCUT2D eigenvalue weighted by Gasteiger charge is 2.24. The molecule has 3 aromatic rings. The molecule has 4 rings (SSSR count). The van der Waals surface area contributed by atoms with Crippen molar-refractivity contribution in [1.82, 2.24) is 14.9 Å². The summed E-state index contributed by atoms with van der Waals surface area (Å²) in [7, 11) is 3.23. The van der Waals surface area contributed by atoms with Gasteiger partial charge in [-0.15, -0.1) is 0 Å². The lowest BCUT2D eigenvalue weighted by Gasteiger charge is -2.31. The van der Waals surface area contributed by atoms with Gasteiger partial charge < -0.3 is 24.4 Å². The first-order valence-electron chi connectivity index (χ1n) is 10.8. The number of rotatable bonds is 6. The van der Waals surface area contributed by atoms with Gasteiger partial charge in [0.1, 0.15) is 0 Å². The molecule has 0 bridgehead atoms. The van der Waals surface area contributed by atoms with Crippen LogP contribution in [0, 0.1) is 0 Å². The third-order valence-corrected chi connectivity index (χ3v) is 5.60. The van der Waals surface area contributed by atoms with Gasteiger partial charge >= 0.3 is 6.09 Å². The van der Waals surface area contributed by atoms with Crippen molar-refractivity contribution in [2.45, 2.75) is 25.8 Å². The molecule has 0 atom stereocenters. The van der Waals surface area contributed by atoms with Crippen LogP contribution in [0.25, 0.3) is 22.2 Å². The number of ether oxygens (including phenoxy) is 3. The van der Waals surface area contributed by atoms with Gasteiger partial charge in [-0.1, -0.05) is 30.3 Å². The molecule has 1 saturated heterocycles. The van der Waals surface area contributed by atoms with E-state index < -0.39 is 0 Å². The average molecular weight is 437 g/mol. The zero-order chi connectivity index (χ0) is 22.5. The number of nitrogens with zero attached hydrogens (tertiary/aromatic N) is 3. The monoisotopic (exact) mass is 436 g/mol. The SMILES string of the molecule is CCOC(=O)N1CCC(Nc2nc(-c3ccccc3)c3cc(OC)c(OC)cc3n2)CC1. The quantitative estimate of drug-likeness (QED) is 0.615. The Morgan fingerprint density at radius 3 is 2.41 bits per heavy atom. The molecule has 0 saturated carbocycles. The molecule has 1 aromatic heterocycles. The number of piperidine rings is 1. The highest BCUT2D eigenvalue weighted by molar-refractivity contribution is 5.95. The predicted octanol–water partition coefficient (Wildman–Crippen LogP) is 4.35. The molecule has 2 heterocycles. The normalized spacial score (nSPS) is 14.3. The average Bonchev–Trinajstić information content (AvgIpc) is 2.83. The topological polar surface area (TPSA) is 85.8 Å². The van der Waals surface area contributed by atoms with Crippen LogP contribution in [0.4, 0.5) is 10.7 Å². The van der Waals surface area contributed by atoms with Crippen LogP contribution >= 0.6 is 0 Å². The van der Waals surface area contributed by atoms with Crippen molar-refractivity contribution in [3.8, 4) is 22.8 Å². The number of amides is 1. The van der Waals surface area contributed by atoms with Crippen LogP contribution in [-0.2, 0) is 4.74 Å². The van der Waals surface area contributed by atoms with Crippen LogP contribution < -0.4 is 14.8 Å². The van der Waals surface area contributed by atoms with Crippen molar-refractivity contribution in [3.05, 3.63) is 42.5 Å². The van der Waals surface area contributed by atoms with Crippen LogP contribution in [0.1, 0.15) is 19.8 Å². The summed E-state index contributed by atoms with van der Waals surface area (Å²) in [6.45, 7) is 3.48. The summed E-state index contributed by atoms with van der Waals surface area (Å²) in [6.07, 6.45) is 1.35. The van der Waals surface area contributed by atoms with Crippen molar-refractivity contribution >= 4 is 22.9 Å². The molecular formula is C24H28N4O4.